The number of anilines is 2. The molecule has 4 heterocycles. The number of halogens is 2. The summed E-state index contributed by atoms with van der Waals surface area (Å²) in [7, 11) is 1.71. The van der Waals surface area contributed by atoms with Crippen molar-refractivity contribution in [2.24, 2.45) is 11.7 Å². The number of hydrogen-bond donors (Lipinski definition) is 2. The number of imidazole rings is 1. The van der Waals surface area contributed by atoms with Gasteiger partial charge in [-0.25, -0.2) is 13.8 Å². The van der Waals surface area contributed by atoms with Crippen LogP contribution in [0, 0.1) is 17.6 Å². The van der Waals surface area contributed by atoms with Crippen LogP contribution in [-0.2, 0) is 20.8 Å². The molecule has 6 rings (SSSR count). The number of benzene rings is 1. The SMILES string of the molecule is CO[C@@H]1[C@H](N)C[C@H](c2ccncc2Nc2ncc3ccc(-c4c(F)cc(COC5CCOCC5)cc4F)nn23)C[C@@H]1C. The van der Waals surface area contributed by atoms with Crippen LogP contribution in [0.25, 0.3) is 16.8 Å². The minimum Gasteiger partial charge on any atom is -0.381 e. The Morgan fingerprint density at radius 2 is 1.88 bits per heavy atom. The highest BCUT2D eigenvalue weighted by Crippen LogP contribution is 2.40. The summed E-state index contributed by atoms with van der Waals surface area (Å²) in [6.07, 6.45) is 8.47. The van der Waals surface area contributed by atoms with E-state index < -0.39 is 11.6 Å². The average Bonchev–Trinajstić information content (AvgIpc) is 3.38. The third kappa shape index (κ3) is 5.87. The molecule has 0 spiro atoms. The fraction of sp³-hybridized carbons (Fsp3) is 0.452. The van der Waals surface area contributed by atoms with E-state index >= 15 is 8.78 Å². The van der Waals surface area contributed by atoms with Gasteiger partial charge in [0, 0.05) is 32.6 Å². The summed E-state index contributed by atoms with van der Waals surface area (Å²) in [4.78, 5) is 8.82. The molecule has 2 aliphatic rings. The average molecular weight is 579 g/mol. The third-order valence-electron chi connectivity index (χ3n) is 8.41. The maximum absolute atomic E-state index is 15.3. The second-order valence-electron chi connectivity index (χ2n) is 11.3. The molecule has 222 valence electrons. The zero-order valence-electron chi connectivity index (χ0n) is 23.8. The molecule has 1 aromatic carbocycles. The Kier molecular flexibility index (Phi) is 8.43. The van der Waals surface area contributed by atoms with Crippen molar-refractivity contribution in [3.8, 4) is 11.3 Å². The van der Waals surface area contributed by atoms with Gasteiger partial charge in [0.2, 0.25) is 5.95 Å². The van der Waals surface area contributed by atoms with Crippen molar-refractivity contribution in [1.29, 1.82) is 0 Å². The van der Waals surface area contributed by atoms with E-state index in [-0.39, 0.29) is 42.0 Å². The van der Waals surface area contributed by atoms with Crippen molar-refractivity contribution in [3.63, 3.8) is 0 Å². The van der Waals surface area contributed by atoms with Crippen molar-refractivity contribution >= 4 is 17.2 Å². The molecule has 11 heteroatoms. The van der Waals surface area contributed by atoms with Gasteiger partial charge in [-0.3, -0.25) is 4.98 Å². The fourth-order valence-corrected chi connectivity index (χ4v) is 6.32. The van der Waals surface area contributed by atoms with E-state index in [4.69, 9.17) is 19.9 Å². The second kappa shape index (κ2) is 12.4. The number of nitrogens with zero attached hydrogens (tertiary/aromatic N) is 4. The van der Waals surface area contributed by atoms with E-state index in [0.717, 1.165) is 36.9 Å². The normalized spacial score (nSPS) is 23.4. The number of nitrogens with one attached hydrogen (secondary N) is 1. The lowest BCUT2D eigenvalue weighted by molar-refractivity contribution is -0.0391. The molecule has 0 radical (unpaired) electrons. The van der Waals surface area contributed by atoms with Gasteiger partial charge in [-0.2, -0.15) is 9.61 Å². The van der Waals surface area contributed by atoms with Crippen LogP contribution in [0.2, 0.25) is 0 Å². The van der Waals surface area contributed by atoms with Gasteiger partial charge in [-0.05, 0) is 79.0 Å². The van der Waals surface area contributed by atoms with Crippen LogP contribution in [0.4, 0.5) is 20.4 Å². The van der Waals surface area contributed by atoms with E-state index in [1.54, 1.807) is 42.3 Å². The van der Waals surface area contributed by atoms with Crippen molar-refractivity contribution in [2.75, 3.05) is 25.6 Å². The maximum Gasteiger partial charge on any atom is 0.229 e. The monoisotopic (exact) mass is 578 g/mol. The zero-order chi connectivity index (χ0) is 29.2. The third-order valence-corrected chi connectivity index (χ3v) is 8.41. The number of ether oxygens (including phenoxy) is 3. The van der Waals surface area contributed by atoms with Gasteiger partial charge in [-0.15, -0.1) is 0 Å². The summed E-state index contributed by atoms with van der Waals surface area (Å²) in [5.41, 5.74) is 9.38. The number of fused-ring (bicyclic) bond motifs is 1. The summed E-state index contributed by atoms with van der Waals surface area (Å²) >= 11 is 0. The van der Waals surface area contributed by atoms with Crippen LogP contribution in [0.3, 0.4) is 0 Å². The molecule has 1 aliphatic carbocycles. The van der Waals surface area contributed by atoms with E-state index in [9.17, 15) is 0 Å². The van der Waals surface area contributed by atoms with Crippen LogP contribution >= 0.6 is 0 Å². The number of nitrogens with two attached hydrogens (primary N) is 1. The lowest BCUT2D eigenvalue weighted by Gasteiger charge is -2.38. The molecule has 42 heavy (non-hydrogen) atoms. The largest absolute Gasteiger partial charge is 0.381 e. The number of methoxy groups -OCH3 is 1. The summed E-state index contributed by atoms with van der Waals surface area (Å²) in [6, 6.07) is 7.86. The van der Waals surface area contributed by atoms with Gasteiger partial charge in [0.15, 0.2) is 0 Å². The molecule has 3 N–H and O–H groups in total. The number of hydrogen-bond acceptors (Lipinski definition) is 8. The fourth-order valence-electron chi connectivity index (χ4n) is 6.32. The van der Waals surface area contributed by atoms with Crippen molar-refractivity contribution in [3.05, 3.63) is 71.7 Å². The first-order chi connectivity index (χ1) is 20.4. The Hall–Kier alpha value is -3.51. The summed E-state index contributed by atoms with van der Waals surface area (Å²) in [6.45, 7) is 3.56. The Balaban J connectivity index is 1.25. The first-order valence-corrected chi connectivity index (χ1v) is 14.4. The van der Waals surface area contributed by atoms with Crippen LogP contribution in [-0.4, -0.2) is 58.2 Å². The highest BCUT2D eigenvalue weighted by atomic mass is 19.1. The highest BCUT2D eigenvalue weighted by Gasteiger charge is 2.35. The number of pyridine rings is 1. The molecule has 0 unspecified atom stereocenters. The molecule has 0 amide bonds. The smallest absolute Gasteiger partial charge is 0.229 e. The quantitative estimate of drug-likeness (QED) is 0.288. The summed E-state index contributed by atoms with van der Waals surface area (Å²) in [5, 5.41) is 7.92. The molecule has 1 saturated carbocycles. The first-order valence-electron chi connectivity index (χ1n) is 14.4. The first kappa shape index (κ1) is 28.6. The molecule has 4 aromatic rings. The maximum atomic E-state index is 15.3. The van der Waals surface area contributed by atoms with Crippen LogP contribution in [0.15, 0.2) is 48.9 Å². The van der Waals surface area contributed by atoms with Crippen LogP contribution in [0.5, 0.6) is 0 Å². The molecule has 3 aromatic heterocycles. The van der Waals surface area contributed by atoms with Crippen LogP contribution < -0.4 is 11.1 Å². The van der Waals surface area contributed by atoms with Crippen LogP contribution in [0.1, 0.15) is 49.7 Å². The lowest BCUT2D eigenvalue weighted by Crippen LogP contribution is -2.45. The molecule has 4 atom stereocenters. The number of aromatic nitrogens is 4. The Morgan fingerprint density at radius 1 is 1.10 bits per heavy atom. The van der Waals surface area contributed by atoms with Gasteiger partial charge in [-0.1, -0.05) is 6.92 Å². The highest BCUT2D eigenvalue weighted by molar-refractivity contribution is 5.66. The minimum atomic E-state index is -0.700. The van der Waals surface area contributed by atoms with Crippen molar-refractivity contribution < 1.29 is 23.0 Å². The second-order valence-corrected chi connectivity index (χ2v) is 11.3. The number of rotatable bonds is 8. The molecular weight excluding hydrogens is 542 g/mol. The summed E-state index contributed by atoms with van der Waals surface area (Å²) in [5.74, 6) is -0.488. The molecule has 0 bridgehead atoms. The van der Waals surface area contributed by atoms with Gasteiger partial charge in [0.1, 0.15) is 11.6 Å². The zero-order valence-corrected chi connectivity index (χ0v) is 23.8. The summed E-state index contributed by atoms with van der Waals surface area (Å²) < 4.78 is 48.9. The van der Waals surface area contributed by atoms with Gasteiger partial charge >= 0.3 is 0 Å². The molecule has 1 saturated heterocycles. The molecule has 2 fully saturated rings. The van der Waals surface area contributed by atoms with E-state index in [1.807, 2.05) is 6.07 Å². The van der Waals surface area contributed by atoms with E-state index in [0.29, 0.717) is 36.2 Å². The van der Waals surface area contributed by atoms with Crippen molar-refractivity contribution in [2.45, 2.75) is 63.4 Å². The lowest BCUT2D eigenvalue weighted by atomic mass is 9.74. The topological polar surface area (TPSA) is 109 Å². The minimum absolute atomic E-state index is 0.0210. The predicted octanol–water partition coefficient (Wildman–Crippen LogP) is 5.36. The van der Waals surface area contributed by atoms with Gasteiger partial charge in [0.25, 0.3) is 0 Å². The Morgan fingerprint density at radius 3 is 2.62 bits per heavy atom. The Labute approximate surface area is 243 Å². The van der Waals surface area contributed by atoms with Crippen molar-refractivity contribution in [1.82, 2.24) is 19.6 Å². The molecule has 9 nitrogen and oxygen atoms in total. The standard InChI is InChI=1S/C31H36F2N6O3/c1-18-11-20(14-26(34)30(18)40-2)23-5-8-35-16-28(23)37-31-36-15-21-3-4-27(38-39(21)31)29-24(32)12-19(13-25(29)33)17-42-22-6-9-41-10-7-22/h3-5,8,12-13,15-16,18,20,22,26,30H,6-7,9-11,14,17,34H2,1-2H3,(H,36,37)/t18-,20+,26+,30-/m0/s1. The molecular formula is C31H36F2N6O3. The van der Waals surface area contributed by atoms with E-state index in [2.05, 4.69) is 27.3 Å². The van der Waals surface area contributed by atoms with E-state index in [1.165, 1.54) is 12.1 Å². The van der Waals surface area contributed by atoms with Gasteiger partial charge in [0.05, 0.1) is 53.7 Å². The Bertz CT molecular complexity index is 1510. The molecule has 1 aliphatic heterocycles. The van der Waals surface area contributed by atoms with Gasteiger partial charge < -0.3 is 25.3 Å². The predicted molar refractivity (Wildman–Crippen MR) is 154 cm³/mol.